The fourth-order valence-corrected chi connectivity index (χ4v) is 2.08. The fourth-order valence-electron chi connectivity index (χ4n) is 2.08. The normalized spacial score (nSPS) is 10.4. The van der Waals surface area contributed by atoms with Gasteiger partial charge in [0.1, 0.15) is 5.82 Å². The molecule has 3 rings (SSSR count). The van der Waals surface area contributed by atoms with Crippen molar-refractivity contribution in [2.24, 2.45) is 0 Å². The predicted molar refractivity (Wildman–Crippen MR) is 86.5 cm³/mol. The summed E-state index contributed by atoms with van der Waals surface area (Å²) in [5.41, 5.74) is 14.9. The molecule has 0 amide bonds. The molecule has 0 saturated carbocycles. The molecular weight excluding hydrogens is 276 g/mol. The van der Waals surface area contributed by atoms with Gasteiger partial charge in [-0.15, -0.1) is 0 Å². The van der Waals surface area contributed by atoms with E-state index < -0.39 is 0 Å². The summed E-state index contributed by atoms with van der Waals surface area (Å²) in [6, 6.07) is 10.6. The van der Waals surface area contributed by atoms with Crippen LogP contribution in [-0.2, 0) is 0 Å². The lowest BCUT2D eigenvalue weighted by Gasteiger charge is -2.09. The summed E-state index contributed by atoms with van der Waals surface area (Å²) in [7, 11) is 0. The van der Waals surface area contributed by atoms with E-state index >= 15 is 0 Å². The highest BCUT2D eigenvalue weighted by molar-refractivity contribution is 6.13. The van der Waals surface area contributed by atoms with Crippen molar-refractivity contribution in [1.82, 2.24) is 15.0 Å². The van der Waals surface area contributed by atoms with Crippen molar-refractivity contribution < 1.29 is 0 Å². The van der Waals surface area contributed by atoms with Gasteiger partial charge in [-0.3, -0.25) is 15.4 Å². The highest BCUT2D eigenvalue weighted by atomic mass is 14.8. The molecule has 0 saturated heterocycles. The SMILES string of the molecule is N=C(c1cccc(N)n1)c1cc(-c2cccnc2)ncc1N. The smallest absolute Gasteiger partial charge is 0.124 e. The Morgan fingerprint density at radius 2 is 1.91 bits per heavy atom. The van der Waals surface area contributed by atoms with Gasteiger partial charge in [-0.1, -0.05) is 6.07 Å². The predicted octanol–water partition coefficient (Wildman–Crippen LogP) is 2.12. The molecule has 0 aromatic carbocycles. The Bertz CT molecular complexity index is 829. The van der Waals surface area contributed by atoms with Crippen LogP contribution in [0.25, 0.3) is 11.3 Å². The van der Waals surface area contributed by atoms with Crippen molar-refractivity contribution in [3.63, 3.8) is 0 Å². The first-order valence-corrected chi connectivity index (χ1v) is 6.63. The van der Waals surface area contributed by atoms with Gasteiger partial charge in [0, 0.05) is 23.5 Å². The molecule has 3 aromatic rings. The van der Waals surface area contributed by atoms with Gasteiger partial charge in [0.05, 0.1) is 29.0 Å². The van der Waals surface area contributed by atoms with Crippen LogP contribution in [0, 0.1) is 5.41 Å². The molecule has 0 fully saturated rings. The van der Waals surface area contributed by atoms with Crippen LogP contribution >= 0.6 is 0 Å². The number of nitrogens with one attached hydrogen (secondary N) is 1. The molecule has 6 heteroatoms. The maximum absolute atomic E-state index is 8.33. The highest BCUT2D eigenvalue weighted by Crippen LogP contribution is 2.22. The molecule has 0 spiro atoms. The van der Waals surface area contributed by atoms with Crippen LogP contribution in [0.1, 0.15) is 11.3 Å². The van der Waals surface area contributed by atoms with Crippen molar-refractivity contribution in [3.05, 3.63) is 66.2 Å². The summed E-state index contributed by atoms with van der Waals surface area (Å²) in [6.45, 7) is 0. The first-order chi connectivity index (χ1) is 10.6. The Labute approximate surface area is 127 Å². The molecule has 3 heterocycles. The molecule has 22 heavy (non-hydrogen) atoms. The summed E-state index contributed by atoms with van der Waals surface area (Å²) < 4.78 is 0. The summed E-state index contributed by atoms with van der Waals surface area (Å²) >= 11 is 0. The number of rotatable bonds is 3. The molecule has 6 nitrogen and oxygen atoms in total. The van der Waals surface area contributed by atoms with Gasteiger partial charge in [-0.25, -0.2) is 4.98 Å². The van der Waals surface area contributed by atoms with E-state index in [0.717, 1.165) is 5.56 Å². The van der Waals surface area contributed by atoms with E-state index in [4.69, 9.17) is 16.9 Å². The van der Waals surface area contributed by atoms with E-state index in [2.05, 4.69) is 15.0 Å². The fraction of sp³-hybridized carbons (Fsp3) is 0. The zero-order valence-corrected chi connectivity index (χ0v) is 11.7. The number of nitrogen functional groups attached to an aromatic ring is 2. The van der Waals surface area contributed by atoms with Crippen LogP contribution in [0.3, 0.4) is 0 Å². The van der Waals surface area contributed by atoms with Crippen molar-refractivity contribution >= 4 is 17.2 Å². The lowest BCUT2D eigenvalue weighted by molar-refractivity contribution is 1.26. The van der Waals surface area contributed by atoms with E-state index in [9.17, 15) is 0 Å². The quantitative estimate of drug-likeness (QED) is 0.639. The first-order valence-electron chi connectivity index (χ1n) is 6.63. The van der Waals surface area contributed by atoms with E-state index in [1.54, 1.807) is 42.9 Å². The largest absolute Gasteiger partial charge is 0.397 e. The van der Waals surface area contributed by atoms with Crippen molar-refractivity contribution in [2.45, 2.75) is 0 Å². The zero-order valence-electron chi connectivity index (χ0n) is 11.7. The van der Waals surface area contributed by atoms with Gasteiger partial charge in [-0.05, 0) is 30.3 Å². The zero-order chi connectivity index (χ0) is 15.5. The molecule has 0 unspecified atom stereocenters. The van der Waals surface area contributed by atoms with E-state index in [-0.39, 0.29) is 5.71 Å². The minimum absolute atomic E-state index is 0.206. The molecule has 0 aliphatic heterocycles. The lowest BCUT2D eigenvalue weighted by atomic mass is 10.0. The standard InChI is InChI=1S/C16H14N6/c17-12-9-21-14(10-3-2-6-20-8-10)7-11(12)16(19)13-4-1-5-15(18)22-13/h1-9,19H,17H2,(H2,18,22). The monoisotopic (exact) mass is 290 g/mol. The number of nitrogens with zero attached hydrogens (tertiary/aromatic N) is 3. The molecule has 0 aliphatic rings. The third-order valence-corrected chi connectivity index (χ3v) is 3.19. The maximum atomic E-state index is 8.33. The van der Waals surface area contributed by atoms with Gasteiger partial charge in [0.2, 0.25) is 0 Å². The first kappa shape index (κ1) is 13.7. The van der Waals surface area contributed by atoms with Gasteiger partial charge < -0.3 is 11.5 Å². The van der Waals surface area contributed by atoms with Crippen molar-refractivity contribution in [1.29, 1.82) is 5.41 Å². The van der Waals surface area contributed by atoms with Crippen LogP contribution in [-0.4, -0.2) is 20.7 Å². The third kappa shape index (κ3) is 2.62. The molecule has 108 valence electrons. The van der Waals surface area contributed by atoms with Crippen molar-refractivity contribution in [2.75, 3.05) is 11.5 Å². The minimum atomic E-state index is 0.206. The molecule has 5 N–H and O–H groups in total. The molecule has 3 aromatic heterocycles. The summed E-state index contributed by atoms with van der Waals surface area (Å²) in [5.74, 6) is 0.363. The van der Waals surface area contributed by atoms with Crippen LogP contribution < -0.4 is 11.5 Å². The highest BCUT2D eigenvalue weighted by Gasteiger charge is 2.12. The lowest BCUT2D eigenvalue weighted by Crippen LogP contribution is -2.09. The Morgan fingerprint density at radius 1 is 1.05 bits per heavy atom. The Hall–Kier alpha value is -3.28. The average Bonchev–Trinajstić information content (AvgIpc) is 2.55. The number of nitrogens with two attached hydrogens (primary N) is 2. The topological polar surface area (TPSA) is 115 Å². The van der Waals surface area contributed by atoms with Crippen LogP contribution in [0.4, 0.5) is 11.5 Å². The molecule has 0 atom stereocenters. The van der Waals surface area contributed by atoms with Crippen molar-refractivity contribution in [3.8, 4) is 11.3 Å². The summed E-state index contributed by atoms with van der Waals surface area (Å²) in [4.78, 5) is 12.5. The van der Waals surface area contributed by atoms with E-state index in [1.165, 1.54) is 0 Å². The number of pyridine rings is 3. The summed E-state index contributed by atoms with van der Waals surface area (Å²) in [6.07, 6.45) is 4.95. The van der Waals surface area contributed by atoms with E-state index in [0.29, 0.717) is 28.5 Å². The van der Waals surface area contributed by atoms with Gasteiger partial charge >= 0.3 is 0 Å². The van der Waals surface area contributed by atoms with Gasteiger partial charge in [0.15, 0.2) is 0 Å². The maximum Gasteiger partial charge on any atom is 0.124 e. The molecule has 0 radical (unpaired) electrons. The number of anilines is 2. The Kier molecular flexibility index (Phi) is 3.49. The van der Waals surface area contributed by atoms with Crippen LogP contribution in [0.15, 0.2) is 55.0 Å². The van der Waals surface area contributed by atoms with Gasteiger partial charge in [-0.2, -0.15) is 0 Å². The molecule has 0 aliphatic carbocycles. The van der Waals surface area contributed by atoms with E-state index in [1.807, 2.05) is 12.1 Å². The Morgan fingerprint density at radius 3 is 2.64 bits per heavy atom. The second-order valence-corrected chi connectivity index (χ2v) is 4.72. The van der Waals surface area contributed by atoms with Crippen LogP contribution in [0.5, 0.6) is 0 Å². The minimum Gasteiger partial charge on any atom is -0.397 e. The van der Waals surface area contributed by atoms with Crippen LogP contribution in [0.2, 0.25) is 0 Å². The number of hydrogen-bond acceptors (Lipinski definition) is 6. The number of aromatic nitrogens is 3. The average molecular weight is 290 g/mol. The van der Waals surface area contributed by atoms with Gasteiger partial charge in [0.25, 0.3) is 0 Å². The second kappa shape index (κ2) is 5.61. The molecule has 0 bridgehead atoms. The second-order valence-electron chi connectivity index (χ2n) is 4.72. The molecular formula is C16H14N6. The third-order valence-electron chi connectivity index (χ3n) is 3.19. The summed E-state index contributed by atoms with van der Waals surface area (Å²) in [5, 5.41) is 8.33. The Balaban J connectivity index is 2.05. The number of hydrogen-bond donors (Lipinski definition) is 3.